The van der Waals surface area contributed by atoms with Crippen molar-refractivity contribution in [2.75, 3.05) is 7.05 Å². The fraction of sp³-hybridized carbons (Fsp3) is 0.250. The van der Waals surface area contributed by atoms with Gasteiger partial charge in [0.2, 0.25) is 0 Å². The molecule has 48 valence electrons. The van der Waals surface area contributed by atoms with Crippen molar-refractivity contribution in [3.8, 4) is 0 Å². The number of rotatable bonds is 1. The average Bonchev–Trinajstić information content (AvgIpc) is 2.37. The van der Waals surface area contributed by atoms with E-state index in [2.05, 4.69) is 20.7 Å². The first-order chi connectivity index (χ1) is 4.34. The van der Waals surface area contributed by atoms with Crippen molar-refractivity contribution in [1.82, 2.24) is 20.7 Å². The van der Waals surface area contributed by atoms with Gasteiger partial charge in [-0.05, 0) is 0 Å². The Morgan fingerprint density at radius 2 is 2.67 bits per heavy atom. The highest BCUT2D eigenvalue weighted by atomic mass is 16.1. The normalized spacial score (nSPS) is 9.00. The van der Waals surface area contributed by atoms with E-state index in [0.717, 1.165) is 0 Å². The number of carbonyl (C=O) groups excluding carboxylic acids is 1. The van der Waals surface area contributed by atoms with E-state index in [1.165, 1.54) is 6.20 Å². The van der Waals surface area contributed by atoms with Crippen molar-refractivity contribution in [2.45, 2.75) is 0 Å². The van der Waals surface area contributed by atoms with Crippen LogP contribution in [0.4, 0.5) is 0 Å². The van der Waals surface area contributed by atoms with Gasteiger partial charge in [0.25, 0.3) is 5.91 Å². The Morgan fingerprint density at radius 1 is 1.89 bits per heavy atom. The summed E-state index contributed by atoms with van der Waals surface area (Å²) in [6.07, 6.45) is 1.36. The lowest BCUT2D eigenvalue weighted by Gasteiger charge is -1.89. The van der Waals surface area contributed by atoms with E-state index in [4.69, 9.17) is 0 Å². The zero-order valence-electron chi connectivity index (χ0n) is 4.88. The predicted octanol–water partition coefficient (Wildman–Crippen LogP) is -0.836. The Bertz CT molecular complexity index is 192. The lowest BCUT2D eigenvalue weighted by Crippen LogP contribution is -2.17. The van der Waals surface area contributed by atoms with Crippen LogP contribution in [-0.2, 0) is 0 Å². The Labute approximate surface area is 51.5 Å². The number of amides is 1. The van der Waals surface area contributed by atoms with Crippen LogP contribution in [0.2, 0.25) is 0 Å². The molecule has 0 unspecified atom stereocenters. The second-order valence-electron chi connectivity index (χ2n) is 1.45. The van der Waals surface area contributed by atoms with E-state index in [-0.39, 0.29) is 5.91 Å². The molecule has 0 aromatic carbocycles. The maximum absolute atomic E-state index is 10.7. The van der Waals surface area contributed by atoms with Crippen molar-refractivity contribution in [3.63, 3.8) is 0 Å². The van der Waals surface area contributed by atoms with E-state index in [0.29, 0.717) is 5.69 Å². The van der Waals surface area contributed by atoms with E-state index < -0.39 is 0 Å². The lowest BCUT2D eigenvalue weighted by atomic mass is 10.5. The topological polar surface area (TPSA) is 70.7 Å². The first-order valence-corrected chi connectivity index (χ1v) is 2.42. The number of carbonyl (C=O) groups is 1. The van der Waals surface area contributed by atoms with E-state index in [1.807, 2.05) is 0 Å². The molecule has 1 rings (SSSR count). The van der Waals surface area contributed by atoms with Gasteiger partial charge in [-0.2, -0.15) is 0 Å². The number of nitrogens with zero attached hydrogens (tertiary/aromatic N) is 2. The van der Waals surface area contributed by atoms with Gasteiger partial charge >= 0.3 is 0 Å². The lowest BCUT2D eigenvalue weighted by molar-refractivity contribution is 0.0958. The minimum absolute atomic E-state index is 0.208. The van der Waals surface area contributed by atoms with Crippen LogP contribution in [0.1, 0.15) is 10.5 Å². The summed E-state index contributed by atoms with van der Waals surface area (Å²) in [5, 5.41) is 11.6. The highest BCUT2D eigenvalue weighted by Gasteiger charge is 2.01. The van der Waals surface area contributed by atoms with Gasteiger partial charge < -0.3 is 5.32 Å². The second-order valence-corrected chi connectivity index (χ2v) is 1.45. The first-order valence-electron chi connectivity index (χ1n) is 2.42. The molecule has 0 saturated heterocycles. The summed E-state index contributed by atoms with van der Waals surface area (Å²) in [6.45, 7) is 0. The molecule has 0 saturated carbocycles. The van der Waals surface area contributed by atoms with Gasteiger partial charge in [0.15, 0.2) is 0 Å². The van der Waals surface area contributed by atoms with E-state index in [9.17, 15) is 4.79 Å². The summed E-state index contributed by atoms with van der Waals surface area (Å²) in [4.78, 5) is 10.7. The predicted molar refractivity (Wildman–Crippen MR) is 29.8 cm³/mol. The Kier molecular flexibility index (Phi) is 1.44. The van der Waals surface area contributed by atoms with E-state index in [1.54, 1.807) is 7.05 Å². The van der Waals surface area contributed by atoms with Gasteiger partial charge in [0.1, 0.15) is 5.69 Å². The minimum atomic E-state index is -0.208. The third kappa shape index (κ3) is 1.04. The molecule has 0 atom stereocenters. The molecule has 5 heteroatoms. The number of aromatic amines is 1. The van der Waals surface area contributed by atoms with Crippen LogP contribution >= 0.6 is 0 Å². The molecule has 1 amide bonds. The highest BCUT2D eigenvalue weighted by Crippen LogP contribution is 1.84. The monoisotopic (exact) mass is 126 g/mol. The number of hydrogen-bond donors (Lipinski definition) is 2. The molecule has 0 aliphatic heterocycles. The summed E-state index contributed by atoms with van der Waals surface area (Å²) >= 11 is 0. The Morgan fingerprint density at radius 3 is 3.11 bits per heavy atom. The number of nitrogens with one attached hydrogen (secondary N) is 2. The Balaban J connectivity index is 2.77. The molecule has 1 aromatic rings. The van der Waals surface area contributed by atoms with Gasteiger partial charge in [-0.15, -0.1) is 5.10 Å². The average molecular weight is 126 g/mol. The standard InChI is InChI=1S/C4H6N4O/c1-5-4(9)3-2-6-8-7-3/h2H,1H3,(H,5,9)(H,6,7,8). The van der Waals surface area contributed by atoms with Gasteiger partial charge in [-0.3, -0.25) is 9.89 Å². The molecule has 0 aliphatic carbocycles. The zero-order valence-corrected chi connectivity index (χ0v) is 4.88. The largest absolute Gasteiger partial charge is 0.354 e. The summed E-state index contributed by atoms with van der Waals surface area (Å²) in [5.41, 5.74) is 0.373. The zero-order chi connectivity index (χ0) is 6.69. The van der Waals surface area contributed by atoms with Crippen molar-refractivity contribution in [2.24, 2.45) is 0 Å². The molecule has 0 radical (unpaired) electrons. The van der Waals surface area contributed by atoms with Crippen LogP contribution in [0.25, 0.3) is 0 Å². The third-order valence-corrected chi connectivity index (χ3v) is 0.887. The molecular weight excluding hydrogens is 120 g/mol. The fourth-order valence-corrected chi connectivity index (χ4v) is 0.442. The van der Waals surface area contributed by atoms with Crippen LogP contribution in [0.15, 0.2) is 6.20 Å². The maximum Gasteiger partial charge on any atom is 0.270 e. The SMILES string of the molecule is CNC(=O)c1cnn[nH]1. The molecule has 1 aromatic heterocycles. The van der Waals surface area contributed by atoms with E-state index >= 15 is 0 Å². The number of H-pyrrole nitrogens is 1. The summed E-state index contributed by atoms with van der Waals surface area (Å²) < 4.78 is 0. The molecule has 0 fully saturated rings. The van der Waals surface area contributed by atoms with Gasteiger partial charge in [-0.25, -0.2) is 0 Å². The smallest absolute Gasteiger partial charge is 0.270 e. The number of hydrogen-bond acceptors (Lipinski definition) is 3. The molecular formula is C4H6N4O. The quantitative estimate of drug-likeness (QED) is 0.515. The third-order valence-electron chi connectivity index (χ3n) is 0.887. The van der Waals surface area contributed by atoms with Gasteiger partial charge in [0, 0.05) is 7.05 Å². The van der Waals surface area contributed by atoms with Gasteiger partial charge in [0.05, 0.1) is 6.20 Å². The summed E-state index contributed by atoms with van der Waals surface area (Å²) in [7, 11) is 1.54. The molecule has 9 heavy (non-hydrogen) atoms. The molecule has 1 heterocycles. The molecule has 2 N–H and O–H groups in total. The van der Waals surface area contributed by atoms with Crippen LogP contribution in [0.3, 0.4) is 0 Å². The summed E-state index contributed by atoms with van der Waals surface area (Å²) in [6, 6.07) is 0. The Hall–Kier alpha value is -1.39. The van der Waals surface area contributed by atoms with Crippen LogP contribution in [0, 0.1) is 0 Å². The summed E-state index contributed by atoms with van der Waals surface area (Å²) in [5.74, 6) is -0.208. The molecule has 0 bridgehead atoms. The fourth-order valence-electron chi connectivity index (χ4n) is 0.442. The molecule has 0 spiro atoms. The molecule has 5 nitrogen and oxygen atoms in total. The van der Waals surface area contributed by atoms with Crippen molar-refractivity contribution in [3.05, 3.63) is 11.9 Å². The minimum Gasteiger partial charge on any atom is -0.354 e. The van der Waals surface area contributed by atoms with Crippen molar-refractivity contribution < 1.29 is 4.79 Å². The van der Waals surface area contributed by atoms with Crippen LogP contribution in [0.5, 0.6) is 0 Å². The second kappa shape index (κ2) is 2.25. The van der Waals surface area contributed by atoms with Crippen LogP contribution in [-0.4, -0.2) is 28.4 Å². The van der Waals surface area contributed by atoms with Crippen molar-refractivity contribution in [1.29, 1.82) is 0 Å². The van der Waals surface area contributed by atoms with Crippen LogP contribution < -0.4 is 5.32 Å². The number of aromatic nitrogens is 3. The van der Waals surface area contributed by atoms with Gasteiger partial charge in [-0.1, -0.05) is 5.21 Å². The first kappa shape index (κ1) is 5.74. The highest BCUT2D eigenvalue weighted by molar-refractivity contribution is 5.91. The molecule has 0 aliphatic rings. The maximum atomic E-state index is 10.7. The van der Waals surface area contributed by atoms with Crippen molar-refractivity contribution >= 4 is 5.91 Å².